The van der Waals surface area contributed by atoms with Gasteiger partial charge in [0.15, 0.2) is 0 Å². The number of hydrogen-bond donors (Lipinski definition) is 2. The molecule has 0 aliphatic carbocycles. The Hall–Kier alpha value is -4.30. The normalized spacial score (nSPS) is 15.2. The number of carbonyl (C=O) groups is 2. The highest BCUT2D eigenvalue weighted by molar-refractivity contribution is 6.30. The highest BCUT2D eigenvalue weighted by atomic mass is 35.5. The lowest BCUT2D eigenvalue weighted by molar-refractivity contribution is -0.141. The number of aromatic nitrogens is 2. The molecule has 180 valence electrons. The summed E-state index contributed by atoms with van der Waals surface area (Å²) in [5, 5.41) is 16.3. The molecule has 1 atom stereocenters. The SMILES string of the molecule is O=C(O)CCC(=O)N1N=C(c2c(-c3ccc(Cl)cc3)c3ccccc3[nH]c2=O)C[C@H]1c1ccccn1. The van der Waals surface area contributed by atoms with Crippen LogP contribution in [-0.4, -0.2) is 37.7 Å². The van der Waals surface area contributed by atoms with Gasteiger partial charge >= 0.3 is 5.97 Å². The topological polar surface area (TPSA) is 116 Å². The second kappa shape index (κ2) is 9.75. The van der Waals surface area contributed by atoms with Crippen molar-refractivity contribution in [1.29, 1.82) is 0 Å². The predicted molar refractivity (Wildman–Crippen MR) is 137 cm³/mol. The summed E-state index contributed by atoms with van der Waals surface area (Å²) in [6.07, 6.45) is 1.34. The number of amides is 1. The number of fused-ring (bicyclic) bond motifs is 1. The molecular weight excluding hydrogens is 480 g/mol. The van der Waals surface area contributed by atoms with Crippen LogP contribution in [0.15, 0.2) is 82.8 Å². The van der Waals surface area contributed by atoms with Gasteiger partial charge in [-0.05, 0) is 35.9 Å². The zero-order valence-electron chi connectivity index (χ0n) is 19.0. The van der Waals surface area contributed by atoms with Gasteiger partial charge in [-0.15, -0.1) is 0 Å². The van der Waals surface area contributed by atoms with Crippen LogP contribution in [0.25, 0.3) is 22.0 Å². The van der Waals surface area contributed by atoms with Crippen molar-refractivity contribution >= 4 is 40.1 Å². The van der Waals surface area contributed by atoms with E-state index in [0.29, 0.717) is 33.1 Å². The molecule has 0 unspecified atom stereocenters. The summed E-state index contributed by atoms with van der Waals surface area (Å²) in [5.74, 6) is -1.52. The van der Waals surface area contributed by atoms with Crippen molar-refractivity contribution in [2.45, 2.75) is 25.3 Å². The number of rotatable bonds is 6. The molecule has 3 heterocycles. The number of benzene rings is 2. The number of carbonyl (C=O) groups excluding carboxylic acids is 1. The minimum Gasteiger partial charge on any atom is -0.481 e. The maximum atomic E-state index is 13.5. The Morgan fingerprint density at radius 1 is 1.00 bits per heavy atom. The van der Waals surface area contributed by atoms with E-state index < -0.39 is 17.9 Å². The molecule has 0 bridgehead atoms. The number of aliphatic carboxylic acids is 1. The molecule has 1 aliphatic heterocycles. The second-order valence-corrected chi connectivity index (χ2v) is 8.85. The number of hydrazone groups is 1. The molecule has 0 saturated heterocycles. The number of carboxylic acid groups (broad SMARTS) is 1. The summed E-state index contributed by atoms with van der Waals surface area (Å²) in [6, 6.07) is 19.5. The van der Waals surface area contributed by atoms with Crippen LogP contribution in [0, 0.1) is 0 Å². The fraction of sp³-hybridized carbons (Fsp3) is 0.148. The number of nitrogens with zero attached hydrogens (tertiary/aromatic N) is 3. The van der Waals surface area contributed by atoms with Crippen LogP contribution in [0.4, 0.5) is 0 Å². The number of para-hydroxylation sites is 1. The Kier molecular flexibility index (Phi) is 6.35. The van der Waals surface area contributed by atoms with Gasteiger partial charge in [0.2, 0.25) is 5.91 Å². The smallest absolute Gasteiger partial charge is 0.303 e. The largest absolute Gasteiger partial charge is 0.481 e. The van der Waals surface area contributed by atoms with E-state index in [-0.39, 0.29) is 24.8 Å². The van der Waals surface area contributed by atoms with Gasteiger partial charge in [0.05, 0.1) is 23.4 Å². The van der Waals surface area contributed by atoms with E-state index in [1.165, 1.54) is 5.01 Å². The van der Waals surface area contributed by atoms with Crippen molar-refractivity contribution in [2.75, 3.05) is 0 Å². The Morgan fingerprint density at radius 2 is 1.75 bits per heavy atom. The third kappa shape index (κ3) is 4.50. The maximum absolute atomic E-state index is 13.5. The van der Waals surface area contributed by atoms with E-state index in [1.807, 2.05) is 42.5 Å². The number of carboxylic acids is 1. The van der Waals surface area contributed by atoms with E-state index in [4.69, 9.17) is 16.7 Å². The first-order valence-corrected chi connectivity index (χ1v) is 11.7. The Labute approximate surface area is 210 Å². The summed E-state index contributed by atoms with van der Waals surface area (Å²) >= 11 is 6.12. The molecule has 0 spiro atoms. The monoisotopic (exact) mass is 500 g/mol. The zero-order chi connectivity index (χ0) is 25.2. The van der Waals surface area contributed by atoms with Crippen molar-refractivity contribution in [3.8, 4) is 11.1 Å². The first-order chi connectivity index (χ1) is 17.4. The van der Waals surface area contributed by atoms with Crippen LogP contribution in [0.3, 0.4) is 0 Å². The molecule has 2 aromatic carbocycles. The van der Waals surface area contributed by atoms with Crippen LogP contribution in [-0.2, 0) is 9.59 Å². The van der Waals surface area contributed by atoms with E-state index in [9.17, 15) is 14.4 Å². The third-order valence-corrected chi connectivity index (χ3v) is 6.34. The molecule has 1 amide bonds. The van der Waals surface area contributed by atoms with Gasteiger partial charge in [0.1, 0.15) is 6.04 Å². The fourth-order valence-electron chi connectivity index (χ4n) is 4.46. The number of nitrogens with one attached hydrogen (secondary N) is 1. The summed E-state index contributed by atoms with van der Waals surface area (Å²) in [5.41, 5.74) is 3.18. The minimum atomic E-state index is -1.07. The number of H-pyrrole nitrogens is 1. The summed E-state index contributed by atoms with van der Waals surface area (Å²) in [6.45, 7) is 0. The Bertz CT molecular complexity index is 1550. The lowest BCUT2D eigenvalue weighted by Crippen LogP contribution is -2.27. The molecular formula is C27H21ClN4O4. The van der Waals surface area contributed by atoms with Gasteiger partial charge in [0.25, 0.3) is 5.56 Å². The average Bonchev–Trinajstić information content (AvgIpc) is 3.32. The lowest BCUT2D eigenvalue weighted by Gasteiger charge is -2.20. The van der Waals surface area contributed by atoms with Gasteiger partial charge in [-0.1, -0.05) is 48.0 Å². The molecule has 36 heavy (non-hydrogen) atoms. The quantitative estimate of drug-likeness (QED) is 0.395. The van der Waals surface area contributed by atoms with Crippen LogP contribution in [0.5, 0.6) is 0 Å². The van der Waals surface area contributed by atoms with Crippen molar-refractivity contribution in [2.24, 2.45) is 5.10 Å². The highest BCUT2D eigenvalue weighted by Crippen LogP contribution is 2.36. The maximum Gasteiger partial charge on any atom is 0.303 e. The second-order valence-electron chi connectivity index (χ2n) is 8.41. The molecule has 2 N–H and O–H groups in total. The van der Waals surface area contributed by atoms with Gasteiger partial charge in [0, 0.05) is 40.5 Å². The molecule has 0 radical (unpaired) electrons. The summed E-state index contributed by atoms with van der Waals surface area (Å²) < 4.78 is 0. The number of pyridine rings is 2. The van der Waals surface area contributed by atoms with E-state index in [1.54, 1.807) is 30.5 Å². The van der Waals surface area contributed by atoms with Crippen molar-refractivity contribution in [1.82, 2.24) is 15.0 Å². The Balaban J connectivity index is 1.68. The van der Waals surface area contributed by atoms with Gasteiger partial charge in [-0.2, -0.15) is 5.10 Å². The predicted octanol–water partition coefficient (Wildman–Crippen LogP) is 4.79. The standard InChI is InChI=1S/C27H21ClN4O4/c28-17-10-8-16(9-11-17)25-18-5-1-2-6-19(18)30-27(36)26(25)21-15-22(20-7-3-4-14-29-20)32(31-21)23(33)12-13-24(34)35/h1-11,14,22H,12-13,15H2,(H,30,36)(H,34,35)/t22-/m0/s1. The fourth-order valence-corrected chi connectivity index (χ4v) is 4.58. The van der Waals surface area contributed by atoms with E-state index in [2.05, 4.69) is 15.1 Å². The van der Waals surface area contributed by atoms with Crippen molar-refractivity contribution in [3.63, 3.8) is 0 Å². The molecule has 0 fully saturated rings. The van der Waals surface area contributed by atoms with Crippen molar-refractivity contribution in [3.05, 3.63) is 99.6 Å². The highest BCUT2D eigenvalue weighted by Gasteiger charge is 2.36. The van der Waals surface area contributed by atoms with Crippen LogP contribution < -0.4 is 5.56 Å². The summed E-state index contributed by atoms with van der Waals surface area (Å²) in [7, 11) is 0. The zero-order valence-corrected chi connectivity index (χ0v) is 19.8. The number of aromatic amines is 1. The summed E-state index contributed by atoms with van der Waals surface area (Å²) in [4.78, 5) is 44.9. The first kappa shape index (κ1) is 23.4. The average molecular weight is 501 g/mol. The van der Waals surface area contributed by atoms with Crippen LogP contribution in [0.1, 0.15) is 36.6 Å². The van der Waals surface area contributed by atoms with Crippen LogP contribution >= 0.6 is 11.6 Å². The van der Waals surface area contributed by atoms with E-state index in [0.717, 1.165) is 10.9 Å². The van der Waals surface area contributed by atoms with Gasteiger partial charge < -0.3 is 10.1 Å². The number of halogens is 1. The van der Waals surface area contributed by atoms with Crippen LogP contribution in [0.2, 0.25) is 5.02 Å². The Morgan fingerprint density at radius 3 is 2.47 bits per heavy atom. The molecule has 9 heteroatoms. The van der Waals surface area contributed by atoms with Gasteiger partial charge in [-0.3, -0.25) is 19.4 Å². The van der Waals surface area contributed by atoms with E-state index >= 15 is 0 Å². The van der Waals surface area contributed by atoms with Crippen molar-refractivity contribution < 1.29 is 14.7 Å². The molecule has 1 aliphatic rings. The molecule has 0 saturated carbocycles. The molecule has 5 rings (SSSR count). The third-order valence-electron chi connectivity index (χ3n) is 6.09. The first-order valence-electron chi connectivity index (χ1n) is 11.4. The number of hydrogen-bond acceptors (Lipinski definition) is 5. The molecule has 2 aromatic heterocycles. The minimum absolute atomic E-state index is 0.215. The molecule has 8 nitrogen and oxygen atoms in total. The van der Waals surface area contributed by atoms with Gasteiger partial charge in [-0.25, -0.2) is 5.01 Å². The molecule has 4 aromatic rings. The lowest BCUT2D eigenvalue weighted by atomic mass is 9.91.